The van der Waals surface area contributed by atoms with Gasteiger partial charge in [-0.25, -0.2) is 12.8 Å². The van der Waals surface area contributed by atoms with E-state index in [0.717, 1.165) is 0 Å². The Morgan fingerprint density at radius 2 is 1.85 bits per heavy atom. The lowest BCUT2D eigenvalue weighted by molar-refractivity contribution is 0.568. The molecule has 0 saturated carbocycles. The molecular formula is C8H8ClFO2S. The van der Waals surface area contributed by atoms with Crippen LogP contribution in [0.3, 0.4) is 0 Å². The predicted molar refractivity (Wildman–Crippen MR) is 48.9 cm³/mol. The van der Waals surface area contributed by atoms with Crippen molar-refractivity contribution in [2.24, 2.45) is 0 Å². The van der Waals surface area contributed by atoms with Gasteiger partial charge in [0.25, 0.3) is 9.05 Å². The molecule has 0 aliphatic heterocycles. The Morgan fingerprint density at radius 3 is 2.31 bits per heavy atom. The fourth-order valence-corrected chi connectivity index (χ4v) is 1.90. The molecule has 0 radical (unpaired) electrons. The van der Waals surface area contributed by atoms with Crippen LogP contribution in [-0.4, -0.2) is 8.42 Å². The maximum Gasteiger partial charge on any atom is 0.264 e. The van der Waals surface area contributed by atoms with E-state index >= 15 is 0 Å². The normalized spacial score (nSPS) is 11.7. The fraction of sp³-hybridized carbons (Fsp3) is 0.250. The summed E-state index contributed by atoms with van der Waals surface area (Å²) in [5.74, 6) is -0.769. The lowest BCUT2D eigenvalue weighted by atomic mass is 10.1. The molecule has 72 valence electrons. The summed E-state index contributed by atoms with van der Waals surface area (Å²) >= 11 is 0. The highest BCUT2D eigenvalue weighted by atomic mass is 35.7. The molecule has 0 spiro atoms. The standard InChI is InChI=1S/C8H8ClFO2S/c1-5-3-4-7(13(9,11)12)8(10)6(5)2/h3-4H,1-2H3. The van der Waals surface area contributed by atoms with Crippen molar-refractivity contribution >= 4 is 19.7 Å². The Balaban J connectivity index is 3.53. The van der Waals surface area contributed by atoms with Crippen LogP contribution >= 0.6 is 10.7 Å². The Kier molecular flexibility index (Phi) is 2.63. The Labute approximate surface area is 80.8 Å². The van der Waals surface area contributed by atoms with Crippen molar-refractivity contribution in [3.63, 3.8) is 0 Å². The highest BCUT2D eigenvalue weighted by Gasteiger charge is 2.17. The van der Waals surface area contributed by atoms with Gasteiger partial charge in [0.05, 0.1) is 0 Å². The van der Waals surface area contributed by atoms with E-state index in [1.165, 1.54) is 19.1 Å². The van der Waals surface area contributed by atoms with Crippen LogP contribution in [0.25, 0.3) is 0 Å². The van der Waals surface area contributed by atoms with Crippen LogP contribution in [0, 0.1) is 19.7 Å². The maximum atomic E-state index is 13.3. The lowest BCUT2D eigenvalue weighted by Gasteiger charge is -2.04. The van der Waals surface area contributed by atoms with Crippen LogP contribution in [0.4, 0.5) is 4.39 Å². The summed E-state index contributed by atoms with van der Waals surface area (Å²) in [5.41, 5.74) is 1.00. The van der Waals surface area contributed by atoms with E-state index < -0.39 is 19.8 Å². The van der Waals surface area contributed by atoms with Gasteiger partial charge in [-0.1, -0.05) is 6.07 Å². The van der Waals surface area contributed by atoms with Gasteiger partial charge < -0.3 is 0 Å². The molecule has 0 amide bonds. The zero-order valence-electron chi connectivity index (χ0n) is 7.14. The van der Waals surface area contributed by atoms with E-state index in [0.29, 0.717) is 11.1 Å². The molecule has 0 heterocycles. The molecule has 0 bridgehead atoms. The van der Waals surface area contributed by atoms with Crippen molar-refractivity contribution in [3.05, 3.63) is 29.1 Å². The van der Waals surface area contributed by atoms with Gasteiger partial charge in [-0.3, -0.25) is 0 Å². The molecule has 1 aromatic carbocycles. The molecule has 0 fully saturated rings. The first-order chi connectivity index (χ1) is 5.84. The van der Waals surface area contributed by atoms with Gasteiger partial charge in [0.2, 0.25) is 0 Å². The van der Waals surface area contributed by atoms with Gasteiger partial charge in [-0.15, -0.1) is 0 Å². The molecule has 0 aliphatic rings. The molecule has 2 nitrogen and oxygen atoms in total. The topological polar surface area (TPSA) is 34.1 Å². The van der Waals surface area contributed by atoms with Gasteiger partial charge in [-0.05, 0) is 31.0 Å². The Hall–Kier alpha value is -0.610. The second kappa shape index (κ2) is 3.27. The van der Waals surface area contributed by atoms with Crippen LogP contribution < -0.4 is 0 Å². The molecule has 0 aliphatic carbocycles. The maximum absolute atomic E-state index is 13.3. The van der Waals surface area contributed by atoms with Gasteiger partial charge in [-0.2, -0.15) is 0 Å². The molecule has 0 atom stereocenters. The monoisotopic (exact) mass is 222 g/mol. The summed E-state index contributed by atoms with van der Waals surface area (Å²) in [6.07, 6.45) is 0. The first-order valence-electron chi connectivity index (χ1n) is 3.54. The number of rotatable bonds is 1. The fourth-order valence-electron chi connectivity index (χ4n) is 0.945. The van der Waals surface area contributed by atoms with E-state index in [-0.39, 0.29) is 0 Å². The third-order valence-corrected chi connectivity index (χ3v) is 3.22. The largest absolute Gasteiger partial charge is 0.264 e. The van der Waals surface area contributed by atoms with Crippen LogP contribution in [0.15, 0.2) is 17.0 Å². The van der Waals surface area contributed by atoms with Crippen molar-refractivity contribution in [3.8, 4) is 0 Å². The second-order valence-corrected chi connectivity index (χ2v) is 5.29. The average molecular weight is 223 g/mol. The summed E-state index contributed by atoms with van der Waals surface area (Å²) in [4.78, 5) is -0.461. The summed E-state index contributed by atoms with van der Waals surface area (Å²) < 4.78 is 35.0. The van der Waals surface area contributed by atoms with E-state index in [4.69, 9.17) is 10.7 Å². The van der Waals surface area contributed by atoms with Crippen molar-refractivity contribution in [2.75, 3.05) is 0 Å². The van der Waals surface area contributed by atoms with Crippen molar-refractivity contribution in [2.45, 2.75) is 18.7 Å². The molecule has 0 saturated heterocycles. The van der Waals surface area contributed by atoms with Crippen LogP contribution in [0.5, 0.6) is 0 Å². The van der Waals surface area contributed by atoms with Crippen LogP contribution in [0.2, 0.25) is 0 Å². The predicted octanol–water partition coefficient (Wildman–Crippen LogP) is 2.37. The molecule has 1 aromatic rings. The van der Waals surface area contributed by atoms with Crippen molar-refractivity contribution in [1.29, 1.82) is 0 Å². The smallest absolute Gasteiger partial charge is 0.207 e. The molecule has 0 N–H and O–H groups in total. The SMILES string of the molecule is Cc1ccc(S(=O)(=O)Cl)c(F)c1C. The van der Waals surface area contributed by atoms with E-state index in [1.807, 2.05) is 0 Å². The molecule has 0 aromatic heterocycles. The number of benzene rings is 1. The minimum Gasteiger partial charge on any atom is -0.207 e. The molecule has 5 heteroatoms. The summed E-state index contributed by atoms with van der Waals surface area (Å²) in [7, 11) is 1.04. The second-order valence-electron chi connectivity index (χ2n) is 2.76. The molecule has 13 heavy (non-hydrogen) atoms. The first kappa shape index (κ1) is 10.5. The summed E-state index contributed by atoms with van der Waals surface area (Å²) in [6, 6.07) is 2.69. The van der Waals surface area contributed by atoms with Gasteiger partial charge >= 0.3 is 0 Å². The van der Waals surface area contributed by atoms with Crippen LogP contribution in [0.1, 0.15) is 11.1 Å². The lowest BCUT2D eigenvalue weighted by Crippen LogP contribution is -1.99. The molecule has 0 unspecified atom stereocenters. The zero-order chi connectivity index (χ0) is 10.2. The Morgan fingerprint density at radius 1 is 1.31 bits per heavy atom. The minimum absolute atomic E-state index is 0.307. The Bertz CT molecular complexity index is 440. The zero-order valence-corrected chi connectivity index (χ0v) is 8.71. The van der Waals surface area contributed by atoms with Gasteiger partial charge in [0.1, 0.15) is 10.7 Å². The number of hydrogen-bond donors (Lipinski definition) is 0. The van der Waals surface area contributed by atoms with Crippen molar-refractivity contribution in [1.82, 2.24) is 0 Å². The van der Waals surface area contributed by atoms with Gasteiger partial charge in [0.15, 0.2) is 0 Å². The third-order valence-electron chi connectivity index (χ3n) is 1.88. The quantitative estimate of drug-likeness (QED) is 0.684. The third kappa shape index (κ3) is 2.00. The summed E-state index contributed by atoms with van der Waals surface area (Å²) in [5, 5.41) is 0. The van der Waals surface area contributed by atoms with Gasteiger partial charge in [0, 0.05) is 10.7 Å². The minimum atomic E-state index is -3.98. The molecular weight excluding hydrogens is 215 g/mol. The van der Waals surface area contributed by atoms with E-state index in [9.17, 15) is 12.8 Å². The number of aryl methyl sites for hydroxylation is 1. The van der Waals surface area contributed by atoms with Crippen LogP contribution in [-0.2, 0) is 9.05 Å². The molecule has 1 rings (SSSR count). The van der Waals surface area contributed by atoms with E-state index in [2.05, 4.69) is 0 Å². The number of hydrogen-bond acceptors (Lipinski definition) is 2. The first-order valence-corrected chi connectivity index (χ1v) is 5.85. The highest BCUT2D eigenvalue weighted by molar-refractivity contribution is 8.13. The summed E-state index contributed by atoms with van der Waals surface area (Å²) in [6.45, 7) is 3.21. The van der Waals surface area contributed by atoms with Crippen molar-refractivity contribution < 1.29 is 12.8 Å². The highest BCUT2D eigenvalue weighted by Crippen LogP contribution is 2.23. The average Bonchev–Trinajstić information content (AvgIpc) is 1.98. The number of halogens is 2. The van der Waals surface area contributed by atoms with E-state index in [1.54, 1.807) is 6.92 Å².